The molecule has 5 heteroatoms. The highest BCUT2D eigenvalue weighted by atomic mass is 16.5. The fourth-order valence-electron chi connectivity index (χ4n) is 2.99. The molecule has 0 aromatic carbocycles. The van der Waals surface area contributed by atoms with Gasteiger partial charge in [-0.3, -0.25) is 4.90 Å². The quantitative estimate of drug-likeness (QED) is 0.852. The normalized spacial score (nSPS) is 15.3. The first-order valence-corrected chi connectivity index (χ1v) is 9.01. The second-order valence-electron chi connectivity index (χ2n) is 8.01. The van der Waals surface area contributed by atoms with E-state index in [1.54, 1.807) is 6.20 Å². The van der Waals surface area contributed by atoms with Crippen molar-refractivity contribution in [1.82, 2.24) is 19.9 Å². The molecule has 2 aromatic heterocycles. The van der Waals surface area contributed by atoms with Crippen molar-refractivity contribution in [1.29, 1.82) is 0 Å². The van der Waals surface area contributed by atoms with E-state index in [1.807, 2.05) is 26.1 Å². The van der Waals surface area contributed by atoms with Crippen molar-refractivity contribution in [3.63, 3.8) is 0 Å². The van der Waals surface area contributed by atoms with Crippen molar-refractivity contribution in [2.24, 2.45) is 0 Å². The first-order valence-electron chi connectivity index (χ1n) is 9.01. The Labute approximate surface area is 150 Å². The van der Waals surface area contributed by atoms with E-state index in [4.69, 9.17) is 9.72 Å². The van der Waals surface area contributed by atoms with Crippen LogP contribution in [-0.4, -0.2) is 32.5 Å². The molecule has 25 heavy (non-hydrogen) atoms. The number of fused-ring (bicyclic) bond motifs is 1. The fraction of sp³-hybridized carbons (Fsp3) is 0.550. The predicted octanol–water partition coefficient (Wildman–Crippen LogP) is 3.51. The summed E-state index contributed by atoms with van der Waals surface area (Å²) in [5.41, 5.74) is 3.55. The molecule has 0 saturated heterocycles. The van der Waals surface area contributed by atoms with Gasteiger partial charge in [-0.1, -0.05) is 26.8 Å². The molecule has 0 spiro atoms. The maximum atomic E-state index is 5.85. The maximum absolute atomic E-state index is 5.85. The molecule has 0 fully saturated rings. The second-order valence-corrected chi connectivity index (χ2v) is 8.01. The van der Waals surface area contributed by atoms with Crippen molar-refractivity contribution in [3.8, 4) is 5.88 Å². The Morgan fingerprint density at radius 3 is 2.76 bits per heavy atom. The molecule has 0 saturated carbocycles. The molecule has 2 aromatic rings. The molecule has 3 heterocycles. The standard InChI is InChI=1S/C20H28N4O/c1-14(2)25-18-15(7-6-9-21-18)12-24-10-8-17-16(13-24)11-22-19(23-17)20(3,4)5/h6-7,9,11,14H,8,10,12-13H2,1-5H3. The van der Waals surface area contributed by atoms with Crippen LogP contribution in [0, 0.1) is 0 Å². The molecule has 0 aliphatic carbocycles. The van der Waals surface area contributed by atoms with Crippen LogP contribution in [0.3, 0.4) is 0 Å². The Morgan fingerprint density at radius 2 is 2.04 bits per heavy atom. The van der Waals surface area contributed by atoms with Crippen LogP contribution >= 0.6 is 0 Å². The summed E-state index contributed by atoms with van der Waals surface area (Å²) in [5.74, 6) is 1.67. The van der Waals surface area contributed by atoms with Crippen molar-refractivity contribution >= 4 is 0 Å². The Balaban J connectivity index is 1.74. The van der Waals surface area contributed by atoms with Crippen LogP contribution in [-0.2, 0) is 24.9 Å². The molecule has 0 atom stereocenters. The van der Waals surface area contributed by atoms with Gasteiger partial charge in [-0.05, 0) is 19.9 Å². The van der Waals surface area contributed by atoms with Gasteiger partial charge in [0, 0.05) is 60.7 Å². The summed E-state index contributed by atoms with van der Waals surface area (Å²) in [7, 11) is 0. The molecular weight excluding hydrogens is 312 g/mol. The Morgan fingerprint density at radius 1 is 1.24 bits per heavy atom. The summed E-state index contributed by atoms with van der Waals surface area (Å²) in [6.45, 7) is 13.2. The first-order chi connectivity index (χ1) is 11.8. The largest absolute Gasteiger partial charge is 0.475 e. The lowest BCUT2D eigenvalue weighted by Gasteiger charge is -2.29. The van der Waals surface area contributed by atoms with E-state index in [2.05, 4.69) is 41.7 Å². The SMILES string of the molecule is CC(C)Oc1ncccc1CN1CCc2nc(C(C)(C)C)ncc2C1. The van der Waals surface area contributed by atoms with Crippen molar-refractivity contribution in [2.45, 2.75) is 65.6 Å². The highest BCUT2D eigenvalue weighted by Crippen LogP contribution is 2.25. The summed E-state index contributed by atoms with van der Waals surface area (Å²) in [6, 6.07) is 4.07. The lowest BCUT2D eigenvalue weighted by Crippen LogP contribution is -2.32. The highest BCUT2D eigenvalue weighted by molar-refractivity contribution is 5.27. The molecule has 3 rings (SSSR count). The molecule has 0 amide bonds. The van der Waals surface area contributed by atoms with Gasteiger partial charge in [0.2, 0.25) is 5.88 Å². The van der Waals surface area contributed by atoms with Gasteiger partial charge in [0.05, 0.1) is 6.10 Å². The number of nitrogens with zero attached hydrogens (tertiary/aromatic N) is 4. The van der Waals surface area contributed by atoms with Gasteiger partial charge >= 0.3 is 0 Å². The number of pyridine rings is 1. The van der Waals surface area contributed by atoms with Crippen LogP contribution in [0.5, 0.6) is 5.88 Å². The zero-order chi connectivity index (χ0) is 18.0. The minimum atomic E-state index is -0.00897. The van der Waals surface area contributed by atoms with Crippen LogP contribution in [0.15, 0.2) is 24.5 Å². The van der Waals surface area contributed by atoms with Crippen LogP contribution in [0.25, 0.3) is 0 Å². The van der Waals surface area contributed by atoms with Gasteiger partial charge in [0.1, 0.15) is 5.82 Å². The van der Waals surface area contributed by atoms with Crippen LogP contribution < -0.4 is 4.74 Å². The number of rotatable bonds is 4. The number of aromatic nitrogens is 3. The lowest BCUT2D eigenvalue weighted by molar-refractivity contribution is 0.211. The first kappa shape index (κ1) is 17.8. The molecule has 134 valence electrons. The minimum Gasteiger partial charge on any atom is -0.475 e. The topological polar surface area (TPSA) is 51.1 Å². The third-order valence-corrected chi connectivity index (χ3v) is 4.28. The number of hydrogen-bond acceptors (Lipinski definition) is 5. The predicted molar refractivity (Wildman–Crippen MR) is 98.6 cm³/mol. The molecular formula is C20H28N4O. The Bertz CT molecular complexity index is 737. The van der Waals surface area contributed by atoms with Crippen LogP contribution in [0.1, 0.15) is 57.3 Å². The van der Waals surface area contributed by atoms with E-state index in [0.29, 0.717) is 0 Å². The average molecular weight is 340 g/mol. The van der Waals surface area contributed by atoms with E-state index >= 15 is 0 Å². The van der Waals surface area contributed by atoms with E-state index in [0.717, 1.165) is 43.3 Å². The minimum absolute atomic E-state index is 0.00897. The van der Waals surface area contributed by atoms with Crippen molar-refractivity contribution in [2.75, 3.05) is 6.54 Å². The Kier molecular flexibility index (Phi) is 5.04. The lowest BCUT2D eigenvalue weighted by atomic mass is 9.95. The smallest absolute Gasteiger partial charge is 0.218 e. The van der Waals surface area contributed by atoms with Crippen LogP contribution in [0.2, 0.25) is 0 Å². The third-order valence-electron chi connectivity index (χ3n) is 4.28. The van der Waals surface area contributed by atoms with Gasteiger partial charge < -0.3 is 4.74 Å². The maximum Gasteiger partial charge on any atom is 0.218 e. The van der Waals surface area contributed by atoms with Gasteiger partial charge in [0.25, 0.3) is 0 Å². The Hall–Kier alpha value is -2.01. The monoisotopic (exact) mass is 340 g/mol. The number of ether oxygens (including phenoxy) is 1. The van der Waals surface area contributed by atoms with Crippen molar-refractivity contribution < 1.29 is 4.74 Å². The molecule has 0 unspecified atom stereocenters. The average Bonchev–Trinajstić information content (AvgIpc) is 2.55. The molecule has 1 aliphatic heterocycles. The second kappa shape index (κ2) is 7.08. The van der Waals surface area contributed by atoms with E-state index in [1.165, 1.54) is 11.3 Å². The van der Waals surface area contributed by atoms with Gasteiger partial charge in [-0.2, -0.15) is 0 Å². The summed E-state index contributed by atoms with van der Waals surface area (Å²) < 4.78 is 5.85. The summed E-state index contributed by atoms with van der Waals surface area (Å²) in [5, 5.41) is 0. The summed E-state index contributed by atoms with van der Waals surface area (Å²) in [4.78, 5) is 16.2. The van der Waals surface area contributed by atoms with E-state index < -0.39 is 0 Å². The summed E-state index contributed by atoms with van der Waals surface area (Å²) >= 11 is 0. The van der Waals surface area contributed by atoms with E-state index in [-0.39, 0.29) is 11.5 Å². The molecule has 0 N–H and O–H groups in total. The third kappa shape index (κ3) is 4.34. The molecule has 0 bridgehead atoms. The van der Waals surface area contributed by atoms with Gasteiger partial charge in [-0.25, -0.2) is 15.0 Å². The highest BCUT2D eigenvalue weighted by Gasteiger charge is 2.23. The molecule has 5 nitrogen and oxygen atoms in total. The summed E-state index contributed by atoms with van der Waals surface area (Å²) in [6.07, 6.45) is 4.87. The van der Waals surface area contributed by atoms with Gasteiger partial charge in [0.15, 0.2) is 0 Å². The van der Waals surface area contributed by atoms with Crippen LogP contribution in [0.4, 0.5) is 0 Å². The van der Waals surface area contributed by atoms with Gasteiger partial charge in [-0.15, -0.1) is 0 Å². The van der Waals surface area contributed by atoms with Crippen molar-refractivity contribution in [3.05, 3.63) is 47.2 Å². The number of hydrogen-bond donors (Lipinski definition) is 0. The zero-order valence-corrected chi connectivity index (χ0v) is 15.9. The fourth-order valence-corrected chi connectivity index (χ4v) is 2.99. The van der Waals surface area contributed by atoms with E-state index in [9.17, 15) is 0 Å². The molecule has 1 aliphatic rings. The molecule has 0 radical (unpaired) electrons. The zero-order valence-electron chi connectivity index (χ0n) is 15.9.